The van der Waals surface area contributed by atoms with E-state index >= 15 is 0 Å². The molecule has 0 saturated carbocycles. The summed E-state index contributed by atoms with van der Waals surface area (Å²) < 4.78 is 1.70. The number of pyridine rings is 1. The van der Waals surface area contributed by atoms with Crippen LogP contribution in [0.3, 0.4) is 0 Å². The van der Waals surface area contributed by atoms with E-state index in [2.05, 4.69) is 73.1 Å². The van der Waals surface area contributed by atoms with Crippen LogP contribution in [0.4, 0.5) is 0 Å². The Morgan fingerprint density at radius 3 is 2.26 bits per heavy atom. The second-order valence-corrected chi connectivity index (χ2v) is 11.0. The fraction of sp³-hybridized carbons (Fsp3) is 0.500. The maximum atomic E-state index is 12.4. The molecule has 1 aliphatic heterocycles. The summed E-state index contributed by atoms with van der Waals surface area (Å²) in [5, 5.41) is 27.8. The molecule has 1 saturated heterocycles. The van der Waals surface area contributed by atoms with Crippen LogP contribution < -0.4 is 0 Å². The normalized spacial score (nSPS) is 19.4. The first-order valence-electron chi connectivity index (χ1n) is 12.1. The SMILES string of the molecule is CC(C)c1ccc([C@](O)(c2cncc(CCC(C)(O)c3ccn(C)n3)c2)C2(C)CN(C)C2)cc1. The summed E-state index contributed by atoms with van der Waals surface area (Å²) in [6.45, 7) is 9.90. The highest BCUT2D eigenvalue weighted by Gasteiger charge is 2.55. The van der Waals surface area contributed by atoms with E-state index in [0.29, 0.717) is 24.5 Å². The van der Waals surface area contributed by atoms with E-state index in [4.69, 9.17) is 0 Å². The first kappa shape index (κ1) is 24.6. The lowest BCUT2D eigenvalue weighted by molar-refractivity contribution is -0.127. The third-order valence-corrected chi connectivity index (χ3v) is 7.48. The molecule has 0 bridgehead atoms. The lowest BCUT2D eigenvalue weighted by Gasteiger charge is -2.56. The van der Waals surface area contributed by atoms with Gasteiger partial charge in [-0.25, -0.2) is 0 Å². The lowest BCUT2D eigenvalue weighted by Crippen LogP contribution is -2.63. The van der Waals surface area contributed by atoms with Gasteiger partial charge in [-0.2, -0.15) is 5.10 Å². The van der Waals surface area contributed by atoms with Crippen molar-refractivity contribution in [3.05, 3.63) is 82.9 Å². The molecule has 2 aromatic heterocycles. The maximum absolute atomic E-state index is 12.4. The number of hydrogen-bond donors (Lipinski definition) is 2. The smallest absolute Gasteiger partial charge is 0.124 e. The Kier molecular flexibility index (Phi) is 6.44. The Bertz CT molecular complexity index is 1130. The van der Waals surface area contributed by atoms with Gasteiger partial charge in [0.05, 0.1) is 5.69 Å². The molecule has 6 heteroatoms. The zero-order valence-electron chi connectivity index (χ0n) is 21.3. The molecule has 1 aromatic carbocycles. The van der Waals surface area contributed by atoms with E-state index in [1.165, 1.54) is 5.56 Å². The summed E-state index contributed by atoms with van der Waals surface area (Å²) in [5.41, 5.74) is 2.06. The number of rotatable bonds is 8. The first-order chi connectivity index (χ1) is 15.9. The van der Waals surface area contributed by atoms with Crippen LogP contribution in [0.25, 0.3) is 0 Å². The Balaban J connectivity index is 1.66. The third-order valence-electron chi connectivity index (χ3n) is 7.48. The summed E-state index contributed by atoms with van der Waals surface area (Å²) >= 11 is 0. The molecular formula is C28H38N4O2. The maximum Gasteiger partial charge on any atom is 0.124 e. The van der Waals surface area contributed by atoms with Gasteiger partial charge in [-0.3, -0.25) is 9.67 Å². The molecule has 1 aliphatic rings. The molecule has 1 fully saturated rings. The van der Waals surface area contributed by atoms with Crippen molar-refractivity contribution < 1.29 is 10.2 Å². The van der Waals surface area contributed by atoms with Gasteiger partial charge in [-0.05, 0) is 61.6 Å². The highest BCUT2D eigenvalue weighted by atomic mass is 16.3. The minimum atomic E-state index is -1.17. The molecular weight excluding hydrogens is 424 g/mol. The van der Waals surface area contributed by atoms with Crippen molar-refractivity contribution in [3.8, 4) is 0 Å². The number of nitrogens with zero attached hydrogens (tertiary/aromatic N) is 4. The summed E-state index contributed by atoms with van der Waals surface area (Å²) in [7, 11) is 3.93. The topological polar surface area (TPSA) is 74.4 Å². The molecule has 2 atom stereocenters. The van der Waals surface area contributed by atoms with Crippen molar-refractivity contribution in [3.63, 3.8) is 0 Å². The van der Waals surface area contributed by atoms with Gasteiger partial charge < -0.3 is 15.1 Å². The van der Waals surface area contributed by atoms with Crippen LogP contribution in [-0.4, -0.2) is 50.0 Å². The summed E-state index contributed by atoms with van der Waals surface area (Å²) in [5.74, 6) is 0.435. The highest BCUT2D eigenvalue weighted by Crippen LogP contribution is 2.50. The second-order valence-electron chi connectivity index (χ2n) is 11.0. The molecule has 0 radical (unpaired) electrons. The van der Waals surface area contributed by atoms with Crippen LogP contribution in [0, 0.1) is 5.41 Å². The van der Waals surface area contributed by atoms with E-state index < -0.39 is 11.2 Å². The molecule has 182 valence electrons. The molecule has 4 rings (SSSR count). The van der Waals surface area contributed by atoms with Gasteiger partial charge in [0.15, 0.2) is 0 Å². The molecule has 3 heterocycles. The van der Waals surface area contributed by atoms with Crippen LogP contribution in [0.15, 0.2) is 55.0 Å². The number of benzene rings is 1. The van der Waals surface area contributed by atoms with E-state index in [1.807, 2.05) is 25.5 Å². The lowest BCUT2D eigenvalue weighted by atomic mass is 9.62. The largest absolute Gasteiger partial charge is 0.384 e. The Morgan fingerprint density at radius 2 is 1.71 bits per heavy atom. The van der Waals surface area contributed by atoms with Gasteiger partial charge >= 0.3 is 0 Å². The van der Waals surface area contributed by atoms with Crippen LogP contribution in [0.5, 0.6) is 0 Å². The van der Waals surface area contributed by atoms with Gasteiger partial charge in [0.2, 0.25) is 0 Å². The number of aryl methyl sites for hydroxylation is 2. The number of aromatic nitrogens is 3. The quantitative estimate of drug-likeness (QED) is 0.530. The molecule has 34 heavy (non-hydrogen) atoms. The van der Waals surface area contributed by atoms with Crippen LogP contribution in [-0.2, 0) is 24.7 Å². The second kappa shape index (κ2) is 8.91. The van der Waals surface area contributed by atoms with Gasteiger partial charge in [0, 0.05) is 49.7 Å². The van der Waals surface area contributed by atoms with Gasteiger partial charge in [0.25, 0.3) is 0 Å². The van der Waals surface area contributed by atoms with Crippen molar-refractivity contribution >= 4 is 0 Å². The summed E-state index contributed by atoms with van der Waals surface area (Å²) in [6, 6.07) is 12.3. The minimum Gasteiger partial charge on any atom is -0.384 e. The monoisotopic (exact) mass is 462 g/mol. The highest BCUT2D eigenvalue weighted by molar-refractivity contribution is 5.42. The Labute approximate surface area is 203 Å². The fourth-order valence-electron chi connectivity index (χ4n) is 5.39. The first-order valence-corrected chi connectivity index (χ1v) is 12.1. The van der Waals surface area contributed by atoms with Crippen LogP contribution in [0.2, 0.25) is 0 Å². The average Bonchev–Trinajstić information content (AvgIpc) is 3.24. The predicted molar refractivity (Wildman–Crippen MR) is 134 cm³/mol. The van der Waals surface area contributed by atoms with Crippen molar-refractivity contribution in [1.82, 2.24) is 19.7 Å². The summed E-state index contributed by atoms with van der Waals surface area (Å²) in [4.78, 5) is 6.75. The molecule has 0 spiro atoms. The predicted octanol–water partition coefficient (Wildman–Crippen LogP) is 3.97. The average molecular weight is 463 g/mol. The number of aliphatic hydroxyl groups is 2. The molecule has 0 amide bonds. The van der Waals surface area contributed by atoms with E-state index in [-0.39, 0.29) is 5.41 Å². The molecule has 0 aliphatic carbocycles. The van der Waals surface area contributed by atoms with E-state index in [1.54, 1.807) is 17.8 Å². The van der Waals surface area contributed by atoms with Crippen molar-refractivity contribution in [2.75, 3.05) is 20.1 Å². The standard InChI is InChI=1S/C28H38N4O2/c1-20(2)22-7-9-23(10-8-22)28(34,26(3)18-31(5)19-26)24-15-21(16-29-17-24)11-13-27(4,33)25-12-14-32(6)30-25/h7-10,12,14-17,20,33-34H,11,13,18-19H2,1-6H3/t27?,28-/m0/s1. The zero-order valence-corrected chi connectivity index (χ0v) is 21.3. The van der Waals surface area contributed by atoms with Crippen LogP contribution in [0.1, 0.15) is 68.0 Å². The molecule has 2 N–H and O–H groups in total. The van der Waals surface area contributed by atoms with Crippen molar-refractivity contribution in [2.45, 2.75) is 57.7 Å². The Hall–Kier alpha value is -2.54. The number of likely N-dealkylation sites (tertiary alicyclic amines) is 1. The number of hydrogen-bond acceptors (Lipinski definition) is 5. The molecule has 3 aromatic rings. The minimum absolute atomic E-state index is 0.332. The van der Waals surface area contributed by atoms with Crippen molar-refractivity contribution in [2.24, 2.45) is 12.5 Å². The van der Waals surface area contributed by atoms with Gasteiger partial charge in [0.1, 0.15) is 11.2 Å². The van der Waals surface area contributed by atoms with E-state index in [0.717, 1.165) is 29.8 Å². The Morgan fingerprint density at radius 1 is 1.03 bits per heavy atom. The van der Waals surface area contributed by atoms with Gasteiger partial charge in [-0.15, -0.1) is 0 Å². The zero-order chi connectivity index (χ0) is 24.7. The van der Waals surface area contributed by atoms with Gasteiger partial charge in [-0.1, -0.05) is 45.0 Å². The molecule has 6 nitrogen and oxygen atoms in total. The van der Waals surface area contributed by atoms with Crippen LogP contribution >= 0.6 is 0 Å². The molecule has 1 unspecified atom stereocenters. The third kappa shape index (κ3) is 4.42. The fourth-order valence-corrected chi connectivity index (χ4v) is 5.39. The summed E-state index contributed by atoms with van der Waals surface area (Å²) in [6.07, 6.45) is 6.60. The van der Waals surface area contributed by atoms with E-state index in [9.17, 15) is 10.2 Å². The van der Waals surface area contributed by atoms with Crippen molar-refractivity contribution in [1.29, 1.82) is 0 Å².